The van der Waals surface area contributed by atoms with E-state index in [0.717, 1.165) is 95.9 Å². The van der Waals surface area contributed by atoms with Crippen LogP contribution in [0.2, 0.25) is 5.04 Å². The predicted octanol–water partition coefficient (Wildman–Crippen LogP) is 8.44. The van der Waals surface area contributed by atoms with Gasteiger partial charge in [-0.2, -0.15) is 9.97 Å². The van der Waals surface area contributed by atoms with E-state index in [-0.39, 0.29) is 12.1 Å². The van der Waals surface area contributed by atoms with Gasteiger partial charge in [-0.1, -0.05) is 119 Å². The number of ether oxygens (including phenoxy) is 3. The molecule has 0 bridgehead atoms. The summed E-state index contributed by atoms with van der Waals surface area (Å²) in [4.78, 5) is 45.9. The number of rotatable bonds is 17. The molecule has 1 fully saturated rings. The largest absolute Gasteiger partial charge is 0.493 e. The van der Waals surface area contributed by atoms with E-state index >= 15 is 0 Å². The lowest BCUT2D eigenvalue weighted by atomic mass is 9.98. The highest BCUT2D eigenvalue weighted by atomic mass is 28.4. The van der Waals surface area contributed by atoms with Crippen molar-refractivity contribution in [2.24, 2.45) is 0 Å². The summed E-state index contributed by atoms with van der Waals surface area (Å²) in [6, 6.07) is 33.5. The minimum atomic E-state index is -3.21. The second-order valence-electron chi connectivity index (χ2n) is 19.4. The molecule has 1 atom stereocenters. The molecule has 1 N–H and O–H groups in total. The number of nitrogens with zero attached hydrogens (tertiary/aromatic N) is 6. The lowest BCUT2D eigenvalue weighted by Gasteiger charge is -2.44. The average molecular weight is 887 g/mol. The third kappa shape index (κ3) is 10.8. The molecule has 1 saturated heterocycles. The van der Waals surface area contributed by atoms with Crippen LogP contribution in [0.5, 0.6) is 11.8 Å². The molecular weight excluding hydrogens is 817 g/mol. The molecule has 12 heteroatoms. The Morgan fingerprint density at radius 3 is 2.19 bits per heavy atom. The fraction of sp³-hybridized carbons (Fsp3) is 0.481. The van der Waals surface area contributed by atoms with Crippen LogP contribution in [-0.2, 0) is 17.7 Å². The van der Waals surface area contributed by atoms with Crippen molar-refractivity contribution in [3.05, 3.63) is 108 Å². The van der Waals surface area contributed by atoms with Gasteiger partial charge in [0.25, 0.3) is 8.32 Å². The Balaban J connectivity index is 1.18. The molecule has 3 heterocycles. The number of anilines is 2. The van der Waals surface area contributed by atoms with E-state index in [1.54, 1.807) is 0 Å². The van der Waals surface area contributed by atoms with Crippen LogP contribution >= 0.6 is 0 Å². The fourth-order valence-corrected chi connectivity index (χ4v) is 13.1. The Bertz CT molecular complexity index is 2280. The zero-order valence-electron chi connectivity index (χ0n) is 39.5. The van der Waals surface area contributed by atoms with Crippen molar-refractivity contribution in [1.82, 2.24) is 19.8 Å². The van der Waals surface area contributed by atoms with E-state index in [4.69, 9.17) is 24.2 Å². The first-order chi connectivity index (χ1) is 30.7. The van der Waals surface area contributed by atoms with Gasteiger partial charge in [0.2, 0.25) is 0 Å². The number of benzene rings is 4. The second kappa shape index (κ2) is 20.3. The molecule has 1 unspecified atom stereocenters. The van der Waals surface area contributed by atoms with E-state index in [2.05, 4.69) is 96.1 Å². The summed E-state index contributed by atoms with van der Waals surface area (Å²) in [5.41, 5.74) is 2.59. The fourth-order valence-electron chi connectivity index (χ4n) is 9.31. The van der Waals surface area contributed by atoms with Crippen molar-refractivity contribution in [3.8, 4) is 11.8 Å². The number of carbonyl (C=O) groups excluding carboxylic acids is 1. The molecule has 5 aromatic rings. The Hall–Kier alpha value is -5.17. The molecule has 342 valence electrons. The number of hydrogen-bond donors (Lipinski definition) is 1. The summed E-state index contributed by atoms with van der Waals surface area (Å²) in [6.45, 7) is 17.3. The first kappa shape index (κ1) is 46.8. The van der Waals surface area contributed by atoms with Gasteiger partial charge in [-0.25, -0.2) is 4.79 Å². The van der Waals surface area contributed by atoms with Crippen LogP contribution < -0.4 is 29.6 Å². The second-order valence-corrected chi connectivity index (χ2v) is 23.4. The van der Waals surface area contributed by atoms with Gasteiger partial charge in [0, 0.05) is 55.4 Å². The van der Waals surface area contributed by atoms with Crippen molar-refractivity contribution >= 4 is 47.1 Å². The van der Waals surface area contributed by atoms with Crippen LogP contribution in [0.15, 0.2) is 97.1 Å². The minimum absolute atomic E-state index is 0.145. The maximum absolute atomic E-state index is 14.0. The highest BCUT2D eigenvalue weighted by Crippen LogP contribution is 2.42. The van der Waals surface area contributed by atoms with Gasteiger partial charge in [0.05, 0.1) is 24.9 Å². The van der Waals surface area contributed by atoms with Crippen molar-refractivity contribution in [2.45, 2.75) is 103 Å². The van der Waals surface area contributed by atoms with Gasteiger partial charge in [0.15, 0.2) is 0 Å². The van der Waals surface area contributed by atoms with E-state index in [1.165, 1.54) is 5.39 Å². The lowest BCUT2D eigenvalue weighted by molar-refractivity contribution is 0.0128. The zero-order valence-corrected chi connectivity index (χ0v) is 40.5. The number of piperazine rings is 1. The number of unbranched alkanes of at least 4 members (excludes halogenated alkanes) is 1. The summed E-state index contributed by atoms with van der Waals surface area (Å²) in [5.74, 6) is 1.77. The van der Waals surface area contributed by atoms with Crippen molar-refractivity contribution in [2.75, 3.05) is 69.8 Å². The third-order valence-electron chi connectivity index (χ3n) is 12.8. The predicted molar refractivity (Wildman–Crippen MR) is 262 cm³/mol. The molecule has 0 spiro atoms. The number of likely N-dealkylation sites (N-methyl/N-ethyl adjacent to an activating group) is 1. The molecule has 11 nitrogen and oxygen atoms in total. The van der Waals surface area contributed by atoms with E-state index in [0.29, 0.717) is 45.4 Å². The van der Waals surface area contributed by atoms with E-state index in [1.807, 2.05) is 76.2 Å². The topological polar surface area (TPSA) is 104 Å². The van der Waals surface area contributed by atoms with Crippen LogP contribution in [0.25, 0.3) is 10.8 Å². The first-order valence-electron chi connectivity index (χ1n) is 23.3. The van der Waals surface area contributed by atoms with Gasteiger partial charge >= 0.3 is 12.1 Å². The maximum atomic E-state index is 14.0. The number of hydrogen-bond acceptors (Lipinski definition) is 10. The average Bonchev–Trinajstić information content (AvgIpc) is 3.27. The smallest absolute Gasteiger partial charge is 0.410 e. The van der Waals surface area contributed by atoms with Crippen molar-refractivity contribution < 1.29 is 23.8 Å². The first-order valence-corrected chi connectivity index (χ1v) is 25.3. The molecule has 1 amide bonds. The Labute approximate surface area is 382 Å². The standard InChI is InChI=1S/C52H70N6O5Si/c1-9-10-33-61-41-35-39-20-17-18-26-44(39)47(36-41)56-29-27-45-46(38-56)53-49(62-34-32-55(7)8)54-48(45)57-30-31-58(50(59)63-51(2,3)4)40(37-57)21-19-28-52(5,6)64(60,42-22-13-11-14-23-42)43-24-15-12-16-25-43/h11-18,20,22-26,35-36,40,60H,9-10,19,21,27-34,37-38H2,1-8H3. The number of fused-ring (bicyclic) bond motifs is 2. The van der Waals surface area contributed by atoms with Gasteiger partial charge in [-0.05, 0) is 87.4 Å². The number of aromatic nitrogens is 2. The van der Waals surface area contributed by atoms with Gasteiger partial charge < -0.3 is 38.6 Å². The van der Waals surface area contributed by atoms with Crippen molar-refractivity contribution in [1.29, 1.82) is 0 Å². The van der Waals surface area contributed by atoms with E-state index < -0.39 is 19.0 Å². The van der Waals surface area contributed by atoms with Gasteiger partial charge in [-0.15, -0.1) is 0 Å². The molecule has 0 saturated carbocycles. The maximum Gasteiger partial charge on any atom is 0.410 e. The molecule has 4 aromatic carbocycles. The van der Waals surface area contributed by atoms with E-state index in [9.17, 15) is 9.59 Å². The lowest BCUT2D eigenvalue weighted by Crippen LogP contribution is -2.65. The molecular formula is C52H70N6O5Si. The minimum Gasteiger partial charge on any atom is -0.493 e. The summed E-state index contributed by atoms with van der Waals surface area (Å²) in [5, 5.41) is 3.93. The Morgan fingerprint density at radius 1 is 0.828 bits per heavy atom. The third-order valence-corrected chi connectivity index (χ3v) is 17.4. The van der Waals surface area contributed by atoms with Gasteiger partial charge in [0.1, 0.15) is 23.8 Å². The van der Waals surface area contributed by atoms with Crippen LogP contribution in [0.1, 0.15) is 84.9 Å². The summed E-state index contributed by atoms with van der Waals surface area (Å²) < 4.78 is 18.6. The Morgan fingerprint density at radius 2 is 1.52 bits per heavy atom. The molecule has 0 radical (unpaired) electrons. The zero-order chi connectivity index (χ0) is 45.5. The summed E-state index contributed by atoms with van der Waals surface area (Å²) in [6.07, 6.45) is 4.88. The van der Waals surface area contributed by atoms with Crippen LogP contribution in [0, 0.1) is 0 Å². The number of carbonyl (C=O) groups is 1. The molecule has 1 aromatic heterocycles. The molecule has 64 heavy (non-hydrogen) atoms. The monoisotopic (exact) mass is 887 g/mol. The quantitative estimate of drug-likeness (QED) is 0.0723. The molecule has 0 aliphatic carbocycles. The summed E-state index contributed by atoms with van der Waals surface area (Å²) >= 11 is 0. The van der Waals surface area contributed by atoms with Gasteiger partial charge in [-0.3, -0.25) is 0 Å². The van der Waals surface area contributed by atoms with Crippen LogP contribution in [-0.4, -0.2) is 111 Å². The normalized spacial score (nSPS) is 16.0. The van der Waals surface area contributed by atoms with Crippen molar-refractivity contribution in [3.63, 3.8) is 0 Å². The molecule has 2 aliphatic rings. The highest BCUT2D eigenvalue weighted by Gasteiger charge is 2.49. The van der Waals surface area contributed by atoms with Crippen LogP contribution in [0.3, 0.4) is 0 Å². The van der Waals surface area contributed by atoms with Crippen LogP contribution in [0.4, 0.5) is 16.3 Å². The molecule has 2 aliphatic heterocycles. The molecule has 7 rings (SSSR count). The SMILES string of the molecule is CCCCOc1cc(N2CCc3c(nc(OCCN(C)C)nc3N3CCN(C(=O)OC(C)(C)C)C(CCCC(C)(C)[Si](O)(c4ccccc4)c4ccccc4)C3)C2)c2ccccc2c1. The summed E-state index contributed by atoms with van der Waals surface area (Å²) in [7, 11) is 0.849. The Kier molecular flexibility index (Phi) is 14.9. The highest BCUT2D eigenvalue weighted by molar-refractivity contribution is 6.98. The number of amides is 1.